The summed E-state index contributed by atoms with van der Waals surface area (Å²) in [4.78, 5) is 28.6. The number of amides is 1. The van der Waals surface area contributed by atoms with E-state index in [1.807, 2.05) is 47.4 Å². The maximum Gasteiger partial charge on any atom is 0.222 e. The van der Waals surface area contributed by atoms with Gasteiger partial charge in [-0.1, -0.05) is 48.5 Å². The Labute approximate surface area is 166 Å². The summed E-state index contributed by atoms with van der Waals surface area (Å²) in [5.41, 5.74) is 1.45. The van der Waals surface area contributed by atoms with Crippen LogP contribution in [-0.4, -0.2) is 54.2 Å². The minimum Gasteiger partial charge on any atom is -0.340 e. The van der Waals surface area contributed by atoms with Crippen molar-refractivity contribution in [2.45, 2.75) is 25.7 Å². The third-order valence-corrected chi connectivity index (χ3v) is 5.27. The monoisotopic (exact) mass is 382 g/mol. The third-order valence-electron chi connectivity index (χ3n) is 5.27. The fourth-order valence-electron chi connectivity index (χ4n) is 3.53. The smallest absolute Gasteiger partial charge is 0.222 e. The largest absolute Gasteiger partial charge is 0.340 e. The second-order valence-electron chi connectivity index (χ2n) is 7.21. The Morgan fingerprint density at radius 3 is 2.25 bits per heavy atom. The Morgan fingerprint density at radius 2 is 1.54 bits per heavy atom. The summed E-state index contributed by atoms with van der Waals surface area (Å²) in [5, 5.41) is 0. The van der Waals surface area contributed by atoms with Gasteiger partial charge in [-0.15, -0.1) is 0 Å². The Morgan fingerprint density at radius 1 is 0.857 bits per heavy atom. The number of carbonyl (C=O) groups is 2. The zero-order valence-electron chi connectivity index (χ0n) is 16.1. The first-order valence-corrected chi connectivity index (χ1v) is 9.95. The molecule has 0 unspecified atom stereocenters. The van der Waals surface area contributed by atoms with Gasteiger partial charge in [0.15, 0.2) is 5.78 Å². The van der Waals surface area contributed by atoms with Crippen LogP contribution >= 0.6 is 0 Å². The molecule has 1 aliphatic rings. The summed E-state index contributed by atoms with van der Waals surface area (Å²) in [6.45, 7) is 3.81. The Kier molecular flexibility index (Phi) is 7.31. The fourth-order valence-corrected chi connectivity index (χ4v) is 3.53. The second kappa shape index (κ2) is 10.1. The highest BCUT2D eigenvalue weighted by Gasteiger charge is 2.21. The van der Waals surface area contributed by atoms with Crippen molar-refractivity contribution in [1.82, 2.24) is 9.80 Å². The molecular formula is C23H27FN2O2. The topological polar surface area (TPSA) is 40.6 Å². The summed E-state index contributed by atoms with van der Waals surface area (Å²) in [6, 6.07) is 16.1. The number of hydrogen-bond donors (Lipinski definition) is 0. The number of rotatable bonds is 8. The van der Waals surface area contributed by atoms with Gasteiger partial charge in [0.2, 0.25) is 5.91 Å². The van der Waals surface area contributed by atoms with Gasteiger partial charge in [-0.3, -0.25) is 14.5 Å². The molecule has 1 heterocycles. The van der Waals surface area contributed by atoms with Gasteiger partial charge in [0, 0.05) is 51.1 Å². The Hall–Kier alpha value is -2.53. The molecule has 0 aromatic heterocycles. The van der Waals surface area contributed by atoms with E-state index in [4.69, 9.17) is 0 Å². The molecule has 0 bridgehead atoms. The van der Waals surface area contributed by atoms with Crippen molar-refractivity contribution >= 4 is 11.7 Å². The van der Waals surface area contributed by atoms with Crippen LogP contribution in [0.3, 0.4) is 0 Å². The van der Waals surface area contributed by atoms with Crippen molar-refractivity contribution in [3.63, 3.8) is 0 Å². The van der Waals surface area contributed by atoms with Gasteiger partial charge in [-0.2, -0.15) is 0 Å². The van der Waals surface area contributed by atoms with Gasteiger partial charge in [0.05, 0.1) is 0 Å². The number of halogens is 1. The molecule has 4 nitrogen and oxygen atoms in total. The molecule has 2 aromatic rings. The first-order chi connectivity index (χ1) is 13.6. The molecule has 2 aromatic carbocycles. The second-order valence-corrected chi connectivity index (χ2v) is 7.21. The first-order valence-electron chi connectivity index (χ1n) is 9.95. The Balaban J connectivity index is 1.34. The van der Waals surface area contributed by atoms with Crippen LogP contribution in [0.2, 0.25) is 0 Å². The van der Waals surface area contributed by atoms with Gasteiger partial charge in [0.25, 0.3) is 0 Å². The van der Waals surface area contributed by atoms with E-state index >= 15 is 0 Å². The quantitative estimate of drug-likeness (QED) is 0.656. The van der Waals surface area contributed by atoms with Crippen molar-refractivity contribution in [2.75, 3.05) is 32.7 Å². The van der Waals surface area contributed by atoms with Crippen LogP contribution in [0.5, 0.6) is 0 Å². The number of hydrogen-bond acceptors (Lipinski definition) is 3. The summed E-state index contributed by atoms with van der Waals surface area (Å²) < 4.78 is 13.7. The van der Waals surface area contributed by atoms with E-state index in [0.717, 1.165) is 25.2 Å². The van der Waals surface area contributed by atoms with Gasteiger partial charge in [0.1, 0.15) is 5.82 Å². The lowest BCUT2D eigenvalue weighted by atomic mass is 10.1. The van der Waals surface area contributed by atoms with E-state index in [1.54, 1.807) is 6.07 Å². The average molecular weight is 382 g/mol. The molecule has 0 N–H and O–H groups in total. The SMILES string of the molecule is O=C(CCCC(=O)N1CCN(CCc2ccccc2F)CC1)c1ccccc1. The van der Waals surface area contributed by atoms with Crippen LogP contribution in [-0.2, 0) is 11.2 Å². The summed E-state index contributed by atoms with van der Waals surface area (Å²) in [5.74, 6) is 0.0577. The average Bonchev–Trinajstić information content (AvgIpc) is 2.74. The lowest BCUT2D eigenvalue weighted by Crippen LogP contribution is -2.49. The van der Waals surface area contributed by atoms with Crippen molar-refractivity contribution in [2.24, 2.45) is 0 Å². The maximum atomic E-state index is 13.7. The van der Waals surface area contributed by atoms with Crippen molar-refractivity contribution < 1.29 is 14.0 Å². The molecule has 0 radical (unpaired) electrons. The van der Waals surface area contributed by atoms with Gasteiger partial charge < -0.3 is 4.90 Å². The molecule has 1 fully saturated rings. The summed E-state index contributed by atoms with van der Waals surface area (Å²) in [6.07, 6.45) is 2.08. The predicted octanol–water partition coefficient (Wildman–Crippen LogP) is 3.57. The number of ketones is 1. The normalized spacial score (nSPS) is 14.8. The highest BCUT2D eigenvalue weighted by molar-refractivity contribution is 5.96. The van der Waals surface area contributed by atoms with Crippen molar-refractivity contribution in [3.05, 3.63) is 71.5 Å². The van der Waals surface area contributed by atoms with Crippen molar-refractivity contribution in [3.8, 4) is 0 Å². The van der Waals surface area contributed by atoms with Crippen LogP contribution in [0.1, 0.15) is 35.2 Å². The van der Waals surface area contributed by atoms with E-state index < -0.39 is 0 Å². The molecule has 1 amide bonds. The van der Waals surface area contributed by atoms with Crippen LogP contribution in [0.25, 0.3) is 0 Å². The van der Waals surface area contributed by atoms with E-state index in [0.29, 0.717) is 44.3 Å². The van der Waals surface area contributed by atoms with Gasteiger partial charge in [-0.25, -0.2) is 4.39 Å². The molecule has 0 atom stereocenters. The van der Waals surface area contributed by atoms with E-state index in [9.17, 15) is 14.0 Å². The lowest BCUT2D eigenvalue weighted by Gasteiger charge is -2.34. The highest BCUT2D eigenvalue weighted by Crippen LogP contribution is 2.12. The molecule has 1 aliphatic heterocycles. The number of nitrogens with zero attached hydrogens (tertiary/aromatic N) is 2. The predicted molar refractivity (Wildman–Crippen MR) is 108 cm³/mol. The van der Waals surface area contributed by atoms with E-state index in [1.165, 1.54) is 6.07 Å². The lowest BCUT2D eigenvalue weighted by molar-refractivity contribution is -0.133. The van der Waals surface area contributed by atoms with Crippen molar-refractivity contribution in [1.29, 1.82) is 0 Å². The van der Waals surface area contributed by atoms with Crippen LogP contribution in [0.4, 0.5) is 4.39 Å². The molecule has 0 saturated carbocycles. The van der Waals surface area contributed by atoms with E-state index in [2.05, 4.69) is 4.90 Å². The number of benzene rings is 2. The molecule has 28 heavy (non-hydrogen) atoms. The minimum atomic E-state index is -0.152. The standard InChI is InChI=1S/C23H27FN2O2/c24-21-10-5-4-7-19(21)13-14-25-15-17-26(18-16-25)23(28)12-6-11-22(27)20-8-2-1-3-9-20/h1-5,7-10H,6,11-18H2. The molecule has 3 rings (SSSR count). The molecule has 148 valence electrons. The van der Waals surface area contributed by atoms with Crippen LogP contribution in [0.15, 0.2) is 54.6 Å². The molecule has 5 heteroatoms. The highest BCUT2D eigenvalue weighted by atomic mass is 19.1. The summed E-state index contributed by atoms with van der Waals surface area (Å²) in [7, 11) is 0. The zero-order valence-corrected chi connectivity index (χ0v) is 16.1. The molecular weight excluding hydrogens is 355 g/mol. The van der Waals surface area contributed by atoms with Gasteiger partial charge >= 0.3 is 0 Å². The molecule has 0 spiro atoms. The van der Waals surface area contributed by atoms with Gasteiger partial charge in [-0.05, 0) is 24.5 Å². The fraction of sp³-hybridized carbons (Fsp3) is 0.391. The number of Topliss-reactive ketones (excluding diaryl/α,β-unsaturated/α-hetero) is 1. The van der Waals surface area contributed by atoms with Crippen LogP contribution < -0.4 is 0 Å². The zero-order chi connectivity index (χ0) is 19.8. The summed E-state index contributed by atoms with van der Waals surface area (Å²) >= 11 is 0. The van der Waals surface area contributed by atoms with E-state index in [-0.39, 0.29) is 17.5 Å². The minimum absolute atomic E-state index is 0.0892. The number of piperazine rings is 1. The first kappa shape index (κ1) is 20.2. The van der Waals surface area contributed by atoms with Crippen LogP contribution in [0, 0.1) is 5.82 Å². The Bertz CT molecular complexity index is 786. The third kappa shape index (κ3) is 5.73. The molecule has 1 saturated heterocycles. The maximum absolute atomic E-state index is 13.7. The number of carbonyl (C=O) groups excluding carboxylic acids is 2. The molecule has 0 aliphatic carbocycles.